The molecule has 1 aromatic carbocycles. The smallest absolute Gasteiger partial charge is 0.283 e. The van der Waals surface area contributed by atoms with E-state index in [-0.39, 0.29) is 35.0 Å². The lowest BCUT2D eigenvalue weighted by Crippen LogP contribution is -2.61. The van der Waals surface area contributed by atoms with Crippen LogP contribution in [0, 0.1) is 12.3 Å². The number of hydrogen-bond acceptors (Lipinski definition) is 9. The molecule has 188 valence electrons. The number of benzene rings is 1. The van der Waals surface area contributed by atoms with Crippen molar-refractivity contribution in [2.45, 2.75) is 29.4 Å². The minimum atomic E-state index is -3.89. The molecule has 1 saturated heterocycles. The lowest BCUT2D eigenvalue weighted by atomic mass is 10.1. The second-order valence-corrected chi connectivity index (χ2v) is 12.9. The van der Waals surface area contributed by atoms with Crippen LogP contribution in [0.2, 0.25) is 0 Å². The van der Waals surface area contributed by atoms with Gasteiger partial charge in [-0.05, 0) is 23.6 Å². The molecule has 0 saturated carbocycles. The summed E-state index contributed by atoms with van der Waals surface area (Å²) in [5, 5.41) is 6.74. The number of hydrogen-bond donors (Lipinski definition) is 3. The quantitative estimate of drug-likeness (QED) is 0.408. The number of thiophene rings is 1. The van der Waals surface area contributed by atoms with Gasteiger partial charge in [-0.15, -0.1) is 29.1 Å². The SMILES string of the molecule is C#Cc1ccc2cc(S(=O)(=O)N3CCN(C(=O)c4nc5c(s4)CNC(N)C5)C(C(=O)NC)C3)sc2c1. The molecule has 36 heavy (non-hydrogen) atoms. The van der Waals surface area contributed by atoms with Crippen LogP contribution < -0.4 is 16.4 Å². The zero-order valence-electron chi connectivity index (χ0n) is 19.4. The summed E-state index contributed by atoms with van der Waals surface area (Å²) in [5.41, 5.74) is 7.39. The lowest BCUT2D eigenvalue weighted by molar-refractivity contribution is -0.126. The zero-order valence-corrected chi connectivity index (χ0v) is 21.8. The molecule has 0 spiro atoms. The molecule has 0 bridgehead atoms. The predicted molar refractivity (Wildman–Crippen MR) is 138 cm³/mol. The highest BCUT2D eigenvalue weighted by Gasteiger charge is 2.41. The number of terminal acetylenes is 1. The fourth-order valence-corrected chi connectivity index (χ4v) is 8.39. The van der Waals surface area contributed by atoms with E-state index in [1.54, 1.807) is 24.3 Å². The first-order valence-corrected chi connectivity index (χ1v) is 14.3. The zero-order chi connectivity index (χ0) is 25.6. The maximum atomic E-state index is 13.5. The highest BCUT2D eigenvalue weighted by molar-refractivity contribution is 7.91. The molecule has 2 aliphatic heterocycles. The Kier molecular flexibility index (Phi) is 6.58. The van der Waals surface area contributed by atoms with Crippen molar-refractivity contribution < 1.29 is 18.0 Å². The van der Waals surface area contributed by atoms with Crippen molar-refractivity contribution in [3.8, 4) is 12.3 Å². The average Bonchev–Trinajstić information content (AvgIpc) is 3.51. The summed E-state index contributed by atoms with van der Waals surface area (Å²) in [6, 6.07) is 5.95. The number of nitrogens with one attached hydrogen (secondary N) is 2. The Hall–Kier alpha value is -2.86. The fourth-order valence-electron chi connectivity index (χ4n) is 4.36. The van der Waals surface area contributed by atoms with Crippen LogP contribution in [0.15, 0.2) is 28.5 Å². The van der Waals surface area contributed by atoms with Gasteiger partial charge in [0.25, 0.3) is 15.9 Å². The van der Waals surface area contributed by atoms with E-state index in [4.69, 9.17) is 12.2 Å². The van der Waals surface area contributed by atoms with E-state index in [0.29, 0.717) is 18.5 Å². The molecule has 2 amide bonds. The Balaban J connectivity index is 1.40. The molecule has 1 fully saturated rings. The van der Waals surface area contributed by atoms with E-state index in [0.717, 1.165) is 32.0 Å². The minimum Gasteiger partial charge on any atom is -0.357 e. The summed E-state index contributed by atoms with van der Waals surface area (Å²) >= 11 is 2.40. The molecular formula is C23H24N6O4S3. The van der Waals surface area contributed by atoms with E-state index >= 15 is 0 Å². The molecule has 0 aliphatic carbocycles. The number of likely N-dealkylation sites (N-methyl/N-ethyl adjacent to an activating group) is 1. The van der Waals surface area contributed by atoms with Crippen molar-refractivity contribution in [3.05, 3.63) is 45.4 Å². The molecule has 3 aromatic rings. The molecule has 2 unspecified atom stereocenters. The van der Waals surface area contributed by atoms with Gasteiger partial charge in [-0.2, -0.15) is 4.31 Å². The first-order valence-electron chi connectivity index (χ1n) is 11.2. The topological polar surface area (TPSA) is 138 Å². The van der Waals surface area contributed by atoms with Crippen LogP contribution in [0.5, 0.6) is 0 Å². The van der Waals surface area contributed by atoms with Crippen molar-refractivity contribution in [1.82, 2.24) is 24.8 Å². The van der Waals surface area contributed by atoms with Gasteiger partial charge in [0, 0.05) is 54.8 Å². The Bertz CT molecular complexity index is 1510. The van der Waals surface area contributed by atoms with Gasteiger partial charge >= 0.3 is 0 Å². The van der Waals surface area contributed by atoms with Crippen molar-refractivity contribution >= 4 is 54.6 Å². The third kappa shape index (κ3) is 4.40. The molecule has 0 radical (unpaired) electrons. The summed E-state index contributed by atoms with van der Waals surface area (Å²) < 4.78 is 29.2. The molecule has 10 nitrogen and oxygen atoms in total. The van der Waals surface area contributed by atoms with E-state index in [1.165, 1.54) is 27.6 Å². The molecule has 2 aliphatic rings. The summed E-state index contributed by atoms with van der Waals surface area (Å²) in [5.74, 6) is 1.72. The number of nitrogens with zero attached hydrogens (tertiary/aromatic N) is 3. The summed E-state index contributed by atoms with van der Waals surface area (Å²) in [6.45, 7) is 0.493. The number of sulfonamides is 1. The first kappa shape index (κ1) is 24.8. The molecule has 4 heterocycles. The van der Waals surface area contributed by atoms with Crippen LogP contribution in [-0.4, -0.2) is 73.3 Å². The van der Waals surface area contributed by atoms with Crippen molar-refractivity contribution in [3.63, 3.8) is 0 Å². The highest BCUT2D eigenvalue weighted by atomic mass is 32.2. The van der Waals surface area contributed by atoms with Gasteiger partial charge in [0.15, 0.2) is 5.01 Å². The number of amides is 2. The van der Waals surface area contributed by atoms with Gasteiger partial charge in [0.05, 0.1) is 11.9 Å². The monoisotopic (exact) mass is 544 g/mol. The summed E-state index contributed by atoms with van der Waals surface area (Å²) in [7, 11) is -2.43. The van der Waals surface area contributed by atoms with Gasteiger partial charge < -0.3 is 16.0 Å². The number of thiazole rings is 1. The second-order valence-electron chi connectivity index (χ2n) is 8.53. The molecular weight excluding hydrogens is 520 g/mol. The van der Waals surface area contributed by atoms with Gasteiger partial charge in [-0.25, -0.2) is 13.4 Å². The second kappa shape index (κ2) is 9.55. The largest absolute Gasteiger partial charge is 0.357 e. The minimum absolute atomic E-state index is 0.0585. The highest BCUT2D eigenvalue weighted by Crippen LogP contribution is 2.33. The summed E-state index contributed by atoms with van der Waals surface area (Å²) in [6.07, 6.45) is 5.76. The van der Waals surface area contributed by atoms with Gasteiger partial charge in [-0.1, -0.05) is 12.0 Å². The fraction of sp³-hybridized carbons (Fsp3) is 0.348. The van der Waals surface area contributed by atoms with E-state index < -0.39 is 27.9 Å². The number of nitrogens with two attached hydrogens (primary N) is 1. The van der Waals surface area contributed by atoms with E-state index in [9.17, 15) is 18.0 Å². The normalized spacial score (nSPS) is 20.6. The van der Waals surface area contributed by atoms with Crippen molar-refractivity contribution in [2.24, 2.45) is 5.73 Å². The Morgan fingerprint density at radius 2 is 2.08 bits per heavy atom. The Morgan fingerprint density at radius 3 is 2.83 bits per heavy atom. The van der Waals surface area contributed by atoms with E-state index in [2.05, 4.69) is 21.5 Å². The lowest BCUT2D eigenvalue weighted by Gasteiger charge is -2.39. The number of piperazine rings is 1. The van der Waals surface area contributed by atoms with Crippen LogP contribution in [0.3, 0.4) is 0 Å². The maximum Gasteiger partial charge on any atom is 0.283 e. The number of fused-ring (bicyclic) bond motifs is 2. The summed E-state index contributed by atoms with van der Waals surface area (Å²) in [4.78, 5) is 33.0. The predicted octanol–water partition coefficient (Wildman–Crippen LogP) is 0.531. The van der Waals surface area contributed by atoms with Gasteiger partial charge in [0.1, 0.15) is 10.3 Å². The number of carbonyl (C=O) groups is 2. The third-order valence-electron chi connectivity index (χ3n) is 6.31. The molecule has 2 atom stereocenters. The van der Waals surface area contributed by atoms with Crippen molar-refractivity contribution in [1.29, 1.82) is 0 Å². The number of carbonyl (C=O) groups excluding carboxylic acids is 2. The molecule has 4 N–H and O–H groups in total. The average molecular weight is 545 g/mol. The molecule has 5 rings (SSSR count). The van der Waals surface area contributed by atoms with Gasteiger partial charge in [-0.3, -0.25) is 14.9 Å². The van der Waals surface area contributed by atoms with Crippen LogP contribution in [0.4, 0.5) is 0 Å². The van der Waals surface area contributed by atoms with Crippen molar-refractivity contribution in [2.75, 3.05) is 26.7 Å². The van der Waals surface area contributed by atoms with Gasteiger partial charge in [0.2, 0.25) is 5.91 Å². The van der Waals surface area contributed by atoms with Crippen LogP contribution in [0.1, 0.15) is 25.9 Å². The first-order chi connectivity index (χ1) is 17.2. The molecule has 2 aromatic heterocycles. The molecule has 13 heteroatoms. The van der Waals surface area contributed by atoms with Crippen LogP contribution >= 0.6 is 22.7 Å². The number of rotatable bonds is 4. The number of aromatic nitrogens is 1. The Labute approximate surface area is 216 Å². The third-order valence-corrected chi connectivity index (χ3v) is 10.8. The Morgan fingerprint density at radius 1 is 1.28 bits per heavy atom. The standard InChI is InChI=1S/C23H24N6O4S3/c1-3-13-4-5-14-9-20(34-17(14)8-13)36(32,33)28-6-7-29(16(12-28)21(30)25-2)23(31)22-27-15-10-19(24)26-11-18(15)35-22/h1,4-5,8-9,16,19,26H,6-7,10-12,24H2,2H3,(H,25,30). The van der Waals surface area contributed by atoms with Crippen LogP contribution in [-0.2, 0) is 27.8 Å². The van der Waals surface area contributed by atoms with Crippen LogP contribution in [0.25, 0.3) is 10.1 Å². The van der Waals surface area contributed by atoms with E-state index in [1.807, 2.05) is 0 Å². The maximum absolute atomic E-state index is 13.5.